The molecule has 0 amide bonds. The molecule has 10 aromatic carbocycles. The van der Waals surface area contributed by atoms with E-state index in [0.29, 0.717) is 0 Å². The Balaban J connectivity index is 1.13. The van der Waals surface area contributed by atoms with Crippen molar-refractivity contribution in [2.75, 3.05) is 4.90 Å². The number of fused-ring (bicyclic) bond motifs is 3. The first-order valence-electron chi connectivity index (χ1n) is 21.2. The van der Waals surface area contributed by atoms with Crippen molar-refractivity contribution >= 4 is 48.6 Å². The Labute approximate surface area is 367 Å². The van der Waals surface area contributed by atoms with Gasteiger partial charge in [-0.05, 0) is 97.6 Å². The molecule has 1 nitrogen and oxygen atoms in total. The van der Waals surface area contributed by atoms with Gasteiger partial charge in [-0.2, -0.15) is 0 Å². The summed E-state index contributed by atoms with van der Waals surface area (Å²) in [5.41, 5.74) is 17.6. The van der Waals surface area contributed by atoms with Crippen molar-refractivity contribution in [3.63, 3.8) is 0 Å². The molecule has 11 aromatic rings. The van der Waals surface area contributed by atoms with Gasteiger partial charge >= 0.3 is 0 Å². The first-order valence-corrected chi connectivity index (χ1v) is 22.0. The number of anilines is 3. The summed E-state index contributed by atoms with van der Waals surface area (Å²) in [4.78, 5) is 2.47. The van der Waals surface area contributed by atoms with Crippen molar-refractivity contribution in [1.29, 1.82) is 0 Å². The van der Waals surface area contributed by atoms with Crippen LogP contribution in [0.4, 0.5) is 17.1 Å². The van der Waals surface area contributed by atoms with Gasteiger partial charge in [0.15, 0.2) is 0 Å². The Morgan fingerprint density at radius 2 is 0.694 bits per heavy atom. The SMILES string of the molecule is c1ccc(-c2ccccc2-c2ccccc2-c2ccc(N(c3ccc4c(c3)sc3ccccc34)c3ccc(-c4ccccc4)c(-c4ccccc4)c3-c3ccccc3)cc2)cc1. The minimum atomic E-state index is 1.08. The maximum atomic E-state index is 2.47. The highest BCUT2D eigenvalue weighted by Crippen LogP contribution is 2.50. The summed E-state index contributed by atoms with van der Waals surface area (Å²) in [6.07, 6.45) is 0. The summed E-state index contributed by atoms with van der Waals surface area (Å²) in [6.45, 7) is 0. The summed E-state index contributed by atoms with van der Waals surface area (Å²) in [5.74, 6) is 0. The van der Waals surface area contributed by atoms with Gasteiger partial charge in [-0.1, -0.05) is 212 Å². The zero-order valence-electron chi connectivity index (χ0n) is 34.0. The second kappa shape index (κ2) is 16.3. The lowest BCUT2D eigenvalue weighted by Crippen LogP contribution is -2.12. The maximum absolute atomic E-state index is 2.47. The molecule has 292 valence electrons. The summed E-state index contributed by atoms with van der Waals surface area (Å²) in [6, 6.07) is 90.4. The van der Waals surface area contributed by atoms with Gasteiger partial charge in [0.25, 0.3) is 0 Å². The third kappa shape index (κ3) is 6.87. The molecule has 0 N–H and O–H groups in total. The molecule has 0 saturated heterocycles. The zero-order valence-corrected chi connectivity index (χ0v) is 34.8. The Morgan fingerprint density at radius 1 is 0.258 bits per heavy atom. The largest absolute Gasteiger partial charge is 0.310 e. The van der Waals surface area contributed by atoms with Crippen LogP contribution in [0.25, 0.3) is 86.9 Å². The van der Waals surface area contributed by atoms with Crippen LogP contribution in [0.5, 0.6) is 0 Å². The minimum Gasteiger partial charge on any atom is -0.310 e. The molecule has 2 heteroatoms. The van der Waals surface area contributed by atoms with Gasteiger partial charge in [-0.15, -0.1) is 11.3 Å². The van der Waals surface area contributed by atoms with Gasteiger partial charge in [0.05, 0.1) is 5.69 Å². The van der Waals surface area contributed by atoms with Crippen LogP contribution in [0.15, 0.2) is 249 Å². The van der Waals surface area contributed by atoms with Crippen molar-refractivity contribution in [2.45, 2.75) is 0 Å². The van der Waals surface area contributed by atoms with Gasteiger partial charge in [0.2, 0.25) is 0 Å². The Bertz CT molecular complexity index is 3320. The molecule has 0 bridgehead atoms. The van der Waals surface area contributed by atoms with Crippen molar-refractivity contribution in [3.05, 3.63) is 249 Å². The van der Waals surface area contributed by atoms with E-state index in [-0.39, 0.29) is 0 Å². The number of benzene rings is 10. The normalized spacial score (nSPS) is 11.2. The number of rotatable bonds is 9. The molecule has 0 unspecified atom stereocenters. The van der Waals surface area contributed by atoms with Crippen LogP contribution < -0.4 is 4.90 Å². The lowest BCUT2D eigenvalue weighted by atomic mass is 9.86. The molecule has 0 radical (unpaired) electrons. The van der Waals surface area contributed by atoms with E-state index in [1.165, 1.54) is 81.4 Å². The topological polar surface area (TPSA) is 3.24 Å². The molecule has 0 aliphatic carbocycles. The minimum absolute atomic E-state index is 1.08. The first-order chi connectivity index (χ1) is 30.8. The van der Waals surface area contributed by atoms with Crippen LogP contribution in [0.3, 0.4) is 0 Å². The van der Waals surface area contributed by atoms with Crippen molar-refractivity contribution in [3.8, 4) is 66.8 Å². The molecule has 1 heterocycles. The first kappa shape index (κ1) is 37.2. The highest BCUT2D eigenvalue weighted by atomic mass is 32.1. The Kier molecular flexibility index (Phi) is 9.82. The lowest BCUT2D eigenvalue weighted by Gasteiger charge is -2.30. The number of hydrogen-bond acceptors (Lipinski definition) is 2. The van der Waals surface area contributed by atoms with E-state index in [1.807, 2.05) is 11.3 Å². The maximum Gasteiger partial charge on any atom is 0.0546 e. The van der Waals surface area contributed by atoms with Crippen LogP contribution in [-0.4, -0.2) is 0 Å². The quantitative estimate of drug-likeness (QED) is 0.140. The van der Waals surface area contributed by atoms with E-state index in [1.54, 1.807) is 0 Å². The number of nitrogens with zero attached hydrogens (tertiary/aromatic N) is 1. The second-order valence-corrected chi connectivity index (χ2v) is 16.7. The zero-order chi connectivity index (χ0) is 41.2. The Morgan fingerprint density at radius 3 is 1.29 bits per heavy atom. The van der Waals surface area contributed by atoms with Gasteiger partial charge in [0, 0.05) is 37.1 Å². The van der Waals surface area contributed by atoms with E-state index in [9.17, 15) is 0 Å². The van der Waals surface area contributed by atoms with Gasteiger partial charge < -0.3 is 4.90 Å². The van der Waals surface area contributed by atoms with Crippen LogP contribution in [0.2, 0.25) is 0 Å². The molecule has 0 fully saturated rings. The van der Waals surface area contributed by atoms with E-state index in [2.05, 4.69) is 254 Å². The Hall–Kier alpha value is -7.78. The number of thiophene rings is 1. The van der Waals surface area contributed by atoms with Gasteiger partial charge in [-0.25, -0.2) is 0 Å². The van der Waals surface area contributed by atoms with E-state index in [0.717, 1.165) is 22.6 Å². The lowest BCUT2D eigenvalue weighted by molar-refractivity contribution is 1.29. The third-order valence-corrected chi connectivity index (χ3v) is 13.1. The van der Waals surface area contributed by atoms with Crippen molar-refractivity contribution < 1.29 is 0 Å². The number of hydrogen-bond donors (Lipinski definition) is 0. The fraction of sp³-hybridized carbons (Fsp3) is 0. The molecule has 0 aliphatic heterocycles. The average Bonchev–Trinajstić information content (AvgIpc) is 3.73. The van der Waals surface area contributed by atoms with Crippen LogP contribution in [-0.2, 0) is 0 Å². The molecule has 0 atom stereocenters. The molecule has 11 rings (SSSR count). The van der Waals surface area contributed by atoms with Crippen LogP contribution >= 0.6 is 11.3 Å². The molecule has 1 aromatic heterocycles. The summed E-state index contributed by atoms with van der Waals surface area (Å²) in [7, 11) is 0. The van der Waals surface area contributed by atoms with Crippen molar-refractivity contribution in [2.24, 2.45) is 0 Å². The fourth-order valence-electron chi connectivity index (χ4n) is 9.07. The molecular weight excluding hydrogens is 767 g/mol. The van der Waals surface area contributed by atoms with Gasteiger partial charge in [-0.3, -0.25) is 0 Å². The molecule has 0 saturated carbocycles. The highest BCUT2D eigenvalue weighted by Gasteiger charge is 2.24. The van der Waals surface area contributed by atoms with Crippen LogP contribution in [0.1, 0.15) is 0 Å². The van der Waals surface area contributed by atoms with Gasteiger partial charge in [0.1, 0.15) is 0 Å². The van der Waals surface area contributed by atoms with E-state index in [4.69, 9.17) is 0 Å². The van der Waals surface area contributed by atoms with E-state index < -0.39 is 0 Å². The van der Waals surface area contributed by atoms with Crippen molar-refractivity contribution in [1.82, 2.24) is 0 Å². The summed E-state index contributed by atoms with van der Waals surface area (Å²) in [5, 5.41) is 2.58. The molecule has 0 spiro atoms. The molecule has 0 aliphatic rings. The predicted octanol–water partition coefficient (Wildman–Crippen LogP) is 17.5. The molecule has 62 heavy (non-hydrogen) atoms. The second-order valence-electron chi connectivity index (χ2n) is 15.6. The highest BCUT2D eigenvalue weighted by molar-refractivity contribution is 7.25. The third-order valence-electron chi connectivity index (χ3n) is 11.9. The smallest absolute Gasteiger partial charge is 0.0546 e. The fourth-order valence-corrected chi connectivity index (χ4v) is 10.2. The van der Waals surface area contributed by atoms with E-state index >= 15 is 0 Å². The van der Waals surface area contributed by atoms with Crippen LogP contribution in [0, 0.1) is 0 Å². The standard InChI is InChI=1S/C60H41NS/c1-5-19-42(20-6-1)49-27-13-15-29-52(49)53-30-16-14-28-50(53)44-33-35-47(36-34-44)61(48-37-38-55-54-31-17-18-32-57(54)62-58(55)41-48)56-40-39-51(43-21-7-2-8-22-43)59(45-23-9-3-10-24-45)60(56)46-25-11-4-12-26-46/h1-41H. The summed E-state index contributed by atoms with van der Waals surface area (Å²) >= 11 is 1.86. The monoisotopic (exact) mass is 807 g/mol. The predicted molar refractivity (Wildman–Crippen MR) is 267 cm³/mol. The molecular formula is C60H41NS. The summed E-state index contributed by atoms with van der Waals surface area (Å²) < 4.78 is 2.56. The average molecular weight is 808 g/mol.